The van der Waals surface area contributed by atoms with Gasteiger partial charge in [0.15, 0.2) is 0 Å². The summed E-state index contributed by atoms with van der Waals surface area (Å²) < 4.78 is 40.9. The van der Waals surface area contributed by atoms with Crippen molar-refractivity contribution in [3.8, 4) is 55.9 Å². The van der Waals surface area contributed by atoms with Gasteiger partial charge < -0.3 is 18.9 Å². The van der Waals surface area contributed by atoms with Crippen LogP contribution in [0.5, 0.6) is 0 Å². The second-order valence-electron chi connectivity index (χ2n) is 35.4. The van der Waals surface area contributed by atoms with Crippen LogP contribution in [0.3, 0.4) is 0 Å². The third kappa shape index (κ3) is 11.9. The summed E-state index contributed by atoms with van der Waals surface area (Å²) in [5.41, 5.74) is 31.7. The molecule has 6 heteroatoms. The molecule has 3 aliphatic rings. The highest BCUT2D eigenvalue weighted by Gasteiger charge is 2.46. The monoisotopic (exact) mass is 1520 g/mol. The molecule has 3 aromatic heterocycles. The van der Waals surface area contributed by atoms with E-state index in [-0.39, 0.29) is 34.4 Å². The van der Waals surface area contributed by atoms with Crippen molar-refractivity contribution < 1.29 is 4.11 Å². The van der Waals surface area contributed by atoms with E-state index in [2.05, 4.69) is 391 Å². The molecule has 0 saturated heterocycles. The summed E-state index contributed by atoms with van der Waals surface area (Å²) in [6.45, 7) is 21.7. The van der Waals surface area contributed by atoms with Crippen LogP contribution in [0, 0.1) is 0 Å². The first kappa shape index (κ1) is 68.0. The highest BCUT2D eigenvalue weighted by molar-refractivity contribution is 7.33. The van der Waals surface area contributed by atoms with E-state index >= 15 is 0 Å². The molecule has 0 radical (unpaired) electrons. The molecule has 2 aliphatic heterocycles. The van der Waals surface area contributed by atoms with E-state index in [1.165, 1.54) is 111 Å². The van der Waals surface area contributed by atoms with Gasteiger partial charge in [-0.25, -0.2) is 0 Å². The lowest BCUT2D eigenvalue weighted by atomic mass is 9.36. The van der Waals surface area contributed by atoms with Crippen molar-refractivity contribution in [2.24, 2.45) is 0 Å². The summed E-state index contributed by atoms with van der Waals surface area (Å²) in [5.74, 6) is 0. The van der Waals surface area contributed by atoms with Gasteiger partial charge in [0.05, 0.1) is 31.9 Å². The minimum atomic E-state index is -0.525. The number of aromatic nitrogens is 2. The Morgan fingerprint density at radius 3 is 1.34 bits per heavy atom. The lowest BCUT2D eigenvalue weighted by Crippen LogP contribution is -2.61. The van der Waals surface area contributed by atoms with Crippen molar-refractivity contribution in [3.05, 3.63) is 366 Å². The quantitative estimate of drug-likeness (QED) is 0.0951. The summed E-state index contributed by atoms with van der Waals surface area (Å²) in [4.78, 5) is 5.18. The molecule has 21 rings (SSSR count). The molecule has 15 aromatic carbocycles. The molecule has 4 nitrogen and oxygen atoms in total. The predicted molar refractivity (Wildman–Crippen MR) is 500 cm³/mol. The Kier molecular flexibility index (Phi) is 16.2. The van der Waals surface area contributed by atoms with Crippen LogP contribution in [-0.4, -0.2) is 28.9 Å². The molecule has 5 heterocycles. The number of fused-ring (bicyclic) bond motifs is 12. The van der Waals surface area contributed by atoms with Gasteiger partial charge in [-0.1, -0.05) is 311 Å². The van der Waals surface area contributed by atoms with Gasteiger partial charge in [0, 0.05) is 77.9 Å². The Morgan fingerprint density at radius 1 is 0.362 bits per heavy atom. The topological polar surface area (TPSA) is 16.3 Å². The summed E-state index contributed by atoms with van der Waals surface area (Å²) >= 11 is 1.83. The summed E-state index contributed by atoms with van der Waals surface area (Å²) in [5, 5.41) is 8.13. The fourth-order valence-corrected chi connectivity index (χ4v) is 20.8. The van der Waals surface area contributed by atoms with Crippen LogP contribution in [-0.2, 0) is 29.1 Å². The van der Waals surface area contributed by atoms with Crippen LogP contribution in [0.25, 0.3) is 132 Å². The highest BCUT2D eigenvalue weighted by Crippen LogP contribution is 2.50. The van der Waals surface area contributed by atoms with Gasteiger partial charge in [0.1, 0.15) is 0 Å². The number of nitrogens with zero attached hydrogens (tertiary/aromatic N) is 4. The Bertz CT molecular complexity index is 7030. The molecule has 0 N–H and O–H groups in total. The fourth-order valence-electron chi connectivity index (χ4n) is 19.4. The van der Waals surface area contributed by atoms with Gasteiger partial charge in [0.2, 0.25) is 0 Å². The average molecular weight is 1520 g/mol. The summed E-state index contributed by atoms with van der Waals surface area (Å²) in [6, 6.07) is 112. The zero-order valence-electron chi connectivity index (χ0n) is 70.5. The van der Waals surface area contributed by atoms with E-state index in [1.54, 1.807) is 0 Å². The van der Waals surface area contributed by atoms with Crippen molar-refractivity contribution in [3.63, 3.8) is 0 Å². The summed E-state index contributed by atoms with van der Waals surface area (Å²) in [6.07, 6.45) is 5.37. The Morgan fingerprint density at radius 2 is 0.819 bits per heavy atom. The number of para-hydroxylation sites is 3. The minimum absolute atomic E-state index is 0.0379. The fraction of sp³-hybridized carbons (Fsp3) is 0.164. The highest BCUT2D eigenvalue weighted by atomic mass is 32.1. The van der Waals surface area contributed by atoms with Crippen LogP contribution < -0.4 is 25.5 Å². The molecular weight excluding hydrogens is 1420 g/mol. The normalized spacial score (nSPS) is 13.6. The molecule has 18 aromatic rings. The van der Waals surface area contributed by atoms with Gasteiger partial charge in [-0.3, -0.25) is 0 Å². The maximum absolute atomic E-state index is 11.6. The second kappa shape index (κ2) is 27.6. The van der Waals surface area contributed by atoms with Gasteiger partial charge in [-0.05, 0) is 237 Å². The van der Waals surface area contributed by atoms with Gasteiger partial charge >= 0.3 is 0 Å². The third-order valence-electron chi connectivity index (χ3n) is 25.2. The van der Waals surface area contributed by atoms with Crippen molar-refractivity contribution in [1.82, 2.24) is 9.13 Å². The largest absolute Gasteiger partial charge is 0.342 e. The van der Waals surface area contributed by atoms with Crippen LogP contribution in [0.15, 0.2) is 321 Å². The van der Waals surface area contributed by atoms with Crippen LogP contribution in [0.2, 0.25) is 0 Å². The lowest BCUT2D eigenvalue weighted by molar-refractivity contribution is 0.590. The van der Waals surface area contributed by atoms with E-state index in [0.29, 0.717) is 36.3 Å². The molecule has 562 valence electrons. The molecule has 0 atom stereocenters. The predicted octanol–water partition coefficient (Wildman–Crippen LogP) is 27.4. The number of hydrogen-bond donors (Lipinski definition) is 0. The van der Waals surface area contributed by atoms with E-state index in [9.17, 15) is 4.11 Å². The number of benzene rings is 15. The molecule has 0 spiro atoms. The van der Waals surface area contributed by atoms with Crippen molar-refractivity contribution in [1.29, 1.82) is 0 Å². The Balaban J connectivity index is 0.805. The van der Waals surface area contributed by atoms with E-state index in [1.807, 2.05) is 11.3 Å². The SMILES string of the molecule is [2H]c1c([2H])c(-n2c3ccccc3c3cc(C4=Cc5cccc6cccc4c56)ccc32)c([2H])c2c1B1c3sc4cc(-n5c6ccccc6c6ccccc65)ccc4c3N(CCCc3c(-c4ccccc4)cc(C(C)(C)C)cc3-c3ccccc3)c3cc(C(C)(C)C)cc(c31)N2CCCc1c(-c2ccccc2)cc(C(C)(C)C)cc1-c1ccccc1. The van der Waals surface area contributed by atoms with E-state index < -0.39 is 6.71 Å². The molecule has 0 unspecified atom stereocenters. The van der Waals surface area contributed by atoms with Crippen LogP contribution >= 0.6 is 11.3 Å². The standard InChI is InChI=1S/C110H93BN4S/c1-108(2,3)77-62-90(70-32-14-10-15-33-70)82(91(63-77)71-34-16-11-17-35-71)47-30-58-112-100-68-80(114-98-51-27-24-45-86(98)94-60-75(52-57-99(94)114)89-61-76-42-28-40-74-41-29-46-87(89)104(74)76)54-56-95(100)111-105-101(112)66-79(110(7,8)9)67-102(105)113(59-31-48-83-92(72-36-18-12-19-37-72)64-78(109(4,5)6)65-93(83)73-38-20-13-21-39-73)106-88-55-53-81(69-103(88)116-107(106)111)115-96-49-25-22-43-84(96)85-44-23-26-50-97(85)115/h10-29,32-46,49-57,60-69H,30-31,47-48,58-59H2,1-9H3/i54D,56D,68D. The van der Waals surface area contributed by atoms with Crippen molar-refractivity contribution >= 4 is 133 Å². The van der Waals surface area contributed by atoms with Crippen LogP contribution in [0.1, 0.15) is 124 Å². The maximum Gasteiger partial charge on any atom is 0.264 e. The first-order valence-electron chi connectivity index (χ1n) is 43.0. The molecule has 0 saturated carbocycles. The number of hydrogen-bond acceptors (Lipinski definition) is 3. The average Bonchev–Trinajstić information content (AvgIpc) is 1.59. The zero-order valence-corrected chi connectivity index (χ0v) is 68.3. The maximum atomic E-state index is 11.6. The van der Waals surface area contributed by atoms with Gasteiger partial charge in [-0.15, -0.1) is 11.3 Å². The van der Waals surface area contributed by atoms with E-state index in [4.69, 9.17) is 0 Å². The molecule has 1 aliphatic carbocycles. The number of rotatable bonds is 15. The van der Waals surface area contributed by atoms with Crippen LogP contribution in [0.4, 0.5) is 22.7 Å². The molecular formula is C110H93BN4S. The molecule has 0 fully saturated rings. The zero-order chi connectivity index (χ0) is 81.1. The van der Waals surface area contributed by atoms with Gasteiger partial charge in [-0.2, -0.15) is 0 Å². The molecule has 116 heavy (non-hydrogen) atoms. The first-order chi connectivity index (χ1) is 57.7. The second-order valence-corrected chi connectivity index (χ2v) is 36.5. The lowest BCUT2D eigenvalue weighted by Gasteiger charge is -2.44. The van der Waals surface area contributed by atoms with E-state index in [0.717, 1.165) is 101 Å². The third-order valence-corrected chi connectivity index (χ3v) is 26.4. The Hall–Kier alpha value is -12.5. The van der Waals surface area contributed by atoms with Crippen molar-refractivity contribution in [2.45, 2.75) is 104 Å². The Labute approximate surface area is 690 Å². The molecule has 0 amide bonds. The van der Waals surface area contributed by atoms with Gasteiger partial charge in [0.25, 0.3) is 6.71 Å². The van der Waals surface area contributed by atoms with Crippen molar-refractivity contribution in [2.75, 3.05) is 22.9 Å². The summed E-state index contributed by atoms with van der Waals surface area (Å²) in [7, 11) is 0. The minimum Gasteiger partial charge on any atom is -0.342 e. The smallest absolute Gasteiger partial charge is 0.264 e. The molecule has 0 bridgehead atoms. The first-order valence-corrected chi connectivity index (χ1v) is 42.3. The number of thiophene rings is 1. The number of anilines is 4.